The van der Waals surface area contributed by atoms with Gasteiger partial charge in [0.1, 0.15) is 64.6 Å². The number of esters is 5. The first kappa shape index (κ1) is 100. The second-order valence-corrected chi connectivity index (χ2v) is 29.6. The molecule has 7 unspecified atom stereocenters. The van der Waals surface area contributed by atoms with Gasteiger partial charge >= 0.3 is 54.0 Å². The molecule has 4 saturated heterocycles. The van der Waals surface area contributed by atoms with Gasteiger partial charge in [0.25, 0.3) is 0 Å². The maximum atomic E-state index is 12.5. The molecular formula is C85H142N4O22. The number of hydrogen-bond acceptors (Lipinski definition) is 22. The van der Waals surface area contributed by atoms with Gasteiger partial charge in [0, 0.05) is 58.5 Å². The SMILES string of the molecule is CCCCCCCCCCCC(=O)OCC(O)CO.CCCCCCCCCCCC(=O)OCC(O)COC(=O)C1CCCN(C(=O)OCc2ccccc2)C1.CCCCCCCCCCCC(=O)OCC(O)COC(=O)C1CCCNC1.O=C(O)C1CCCN(C(=O)OCc2ccccc2)C1.O=C(O)C1CCCNC1. The molecule has 0 spiro atoms. The fraction of sp³-hybridized carbons (Fsp3) is 0.753. The number of amides is 2. The molecule has 2 aromatic rings. The Balaban J connectivity index is 0.000000499. The summed E-state index contributed by atoms with van der Waals surface area (Å²) in [5.41, 5.74) is 1.81. The van der Waals surface area contributed by atoms with Crippen LogP contribution in [0.4, 0.5) is 9.59 Å². The van der Waals surface area contributed by atoms with Crippen molar-refractivity contribution in [3.05, 3.63) is 71.8 Å². The number of hydrogen-bond donors (Lipinski definition) is 8. The van der Waals surface area contributed by atoms with E-state index >= 15 is 0 Å². The molecule has 0 bridgehead atoms. The number of aliphatic hydroxyl groups is 4. The highest BCUT2D eigenvalue weighted by Gasteiger charge is 2.32. The van der Waals surface area contributed by atoms with E-state index in [0.717, 1.165) is 101 Å². The number of carbonyl (C=O) groups excluding carboxylic acids is 7. The molecule has 0 saturated carbocycles. The normalized spacial score (nSPS) is 17.4. The molecule has 2 aromatic carbocycles. The van der Waals surface area contributed by atoms with Crippen LogP contribution in [0, 0.1) is 23.7 Å². The van der Waals surface area contributed by atoms with Crippen molar-refractivity contribution in [3.63, 3.8) is 0 Å². The van der Waals surface area contributed by atoms with E-state index in [9.17, 15) is 53.4 Å². The highest BCUT2D eigenvalue weighted by molar-refractivity contribution is 5.76. The second kappa shape index (κ2) is 67.5. The topological polar surface area (TPSA) is 370 Å². The molecule has 634 valence electrons. The van der Waals surface area contributed by atoms with Crippen molar-refractivity contribution in [3.8, 4) is 0 Å². The van der Waals surface area contributed by atoms with Gasteiger partial charge in [0.15, 0.2) is 0 Å². The summed E-state index contributed by atoms with van der Waals surface area (Å²) in [4.78, 5) is 108. The Labute approximate surface area is 662 Å². The molecule has 4 aliphatic rings. The first-order chi connectivity index (χ1) is 53.8. The molecule has 2 amide bonds. The largest absolute Gasteiger partial charge is 0.481 e. The number of carboxylic acid groups (broad SMARTS) is 2. The summed E-state index contributed by atoms with van der Waals surface area (Å²) in [7, 11) is 0. The van der Waals surface area contributed by atoms with Gasteiger partial charge in [-0.25, -0.2) is 9.59 Å². The van der Waals surface area contributed by atoms with E-state index in [-0.39, 0.29) is 102 Å². The van der Waals surface area contributed by atoms with Gasteiger partial charge in [-0.15, -0.1) is 0 Å². The molecule has 0 aromatic heterocycles. The third-order valence-electron chi connectivity index (χ3n) is 19.5. The minimum Gasteiger partial charge on any atom is -0.481 e. The molecular weight excluding hydrogens is 1430 g/mol. The van der Waals surface area contributed by atoms with Crippen LogP contribution in [-0.4, -0.2) is 205 Å². The van der Waals surface area contributed by atoms with Crippen LogP contribution in [-0.2, 0) is 79.9 Å². The molecule has 4 heterocycles. The summed E-state index contributed by atoms with van der Waals surface area (Å²) in [6, 6.07) is 18.8. The smallest absolute Gasteiger partial charge is 0.410 e. The van der Waals surface area contributed by atoms with Crippen molar-refractivity contribution in [2.45, 2.75) is 296 Å². The Morgan fingerprint density at radius 2 is 0.685 bits per heavy atom. The third-order valence-corrected chi connectivity index (χ3v) is 19.5. The maximum Gasteiger partial charge on any atom is 0.410 e. The first-order valence-electron chi connectivity index (χ1n) is 42.0. The molecule has 8 N–H and O–H groups in total. The van der Waals surface area contributed by atoms with Crippen LogP contribution >= 0.6 is 0 Å². The molecule has 26 nitrogen and oxygen atoms in total. The van der Waals surface area contributed by atoms with Crippen molar-refractivity contribution in [1.29, 1.82) is 0 Å². The number of nitrogens with zero attached hydrogens (tertiary/aromatic N) is 2. The molecule has 26 heteroatoms. The fourth-order valence-corrected chi connectivity index (χ4v) is 12.7. The van der Waals surface area contributed by atoms with Crippen LogP contribution in [0.2, 0.25) is 0 Å². The van der Waals surface area contributed by atoms with Crippen LogP contribution in [0.5, 0.6) is 0 Å². The minimum atomic E-state index is -1.08. The zero-order chi connectivity index (χ0) is 81.2. The highest BCUT2D eigenvalue weighted by atomic mass is 16.6. The lowest BCUT2D eigenvalue weighted by Crippen LogP contribution is -2.43. The zero-order valence-corrected chi connectivity index (χ0v) is 67.6. The number of nitrogens with one attached hydrogen (secondary N) is 2. The van der Waals surface area contributed by atoms with Gasteiger partial charge in [0.2, 0.25) is 0 Å². The molecule has 7 atom stereocenters. The number of benzene rings is 2. The number of carboxylic acids is 2. The maximum absolute atomic E-state index is 12.5. The zero-order valence-electron chi connectivity index (χ0n) is 67.6. The Morgan fingerprint density at radius 3 is 1.02 bits per heavy atom. The Bertz CT molecular complexity index is 2720. The molecule has 0 aliphatic carbocycles. The predicted molar refractivity (Wildman–Crippen MR) is 424 cm³/mol. The summed E-state index contributed by atoms with van der Waals surface area (Å²) >= 11 is 0. The quantitative estimate of drug-likeness (QED) is 0.0173. The Morgan fingerprint density at radius 1 is 0.378 bits per heavy atom. The van der Waals surface area contributed by atoms with Gasteiger partial charge in [-0.05, 0) is 94.8 Å². The van der Waals surface area contributed by atoms with Crippen LogP contribution in [0.15, 0.2) is 60.7 Å². The van der Waals surface area contributed by atoms with E-state index in [0.29, 0.717) is 71.1 Å². The number of rotatable bonds is 49. The van der Waals surface area contributed by atoms with E-state index in [1.807, 2.05) is 60.7 Å². The van der Waals surface area contributed by atoms with Crippen molar-refractivity contribution in [2.24, 2.45) is 23.7 Å². The molecule has 111 heavy (non-hydrogen) atoms. The summed E-state index contributed by atoms with van der Waals surface area (Å²) in [5.74, 6) is -4.41. The lowest BCUT2D eigenvalue weighted by molar-refractivity contribution is -0.157. The van der Waals surface area contributed by atoms with Gasteiger partial charge in [-0.3, -0.25) is 33.6 Å². The number of carbonyl (C=O) groups is 9. The van der Waals surface area contributed by atoms with Gasteiger partial charge in [-0.1, -0.05) is 236 Å². The Hall–Kier alpha value is -6.97. The first-order valence-corrected chi connectivity index (χ1v) is 42.0. The van der Waals surface area contributed by atoms with E-state index < -0.39 is 60.2 Å². The van der Waals surface area contributed by atoms with Gasteiger partial charge < -0.3 is 84.2 Å². The van der Waals surface area contributed by atoms with E-state index in [1.165, 1.54) is 132 Å². The van der Waals surface area contributed by atoms with Gasteiger partial charge in [0.05, 0.1) is 30.3 Å². The number of piperidine rings is 4. The number of unbranched alkanes of at least 4 members (excludes halogenated alkanes) is 24. The lowest BCUT2D eigenvalue weighted by atomic mass is 9.98. The highest BCUT2D eigenvalue weighted by Crippen LogP contribution is 2.22. The molecule has 4 fully saturated rings. The average Bonchev–Trinajstić information content (AvgIpc) is 0.866. The van der Waals surface area contributed by atoms with Crippen molar-refractivity contribution < 1.29 is 107 Å². The lowest BCUT2D eigenvalue weighted by Gasteiger charge is -2.31. The van der Waals surface area contributed by atoms with Crippen LogP contribution in [0.3, 0.4) is 0 Å². The van der Waals surface area contributed by atoms with E-state index in [1.54, 1.807) is 0 Å². The number of ether oxygens (including phenoxy) is 7. The summed E-state index contributed by atoms with van der Waals surface area (Å²) in [6.45, 7) is 10.6. The minimum absolute atomic E-state index is 0.104. The van der Waals surface area contributed by atoms with Crippen molar-refractivity contribution >= 4 is 54.0 Å². The van der Waals surface area contributed by atoms with Crippen LogP contribution in [0.25, 0.3) is 0 Å². The van der Waals surface area contributed by atoms with E-state index in [2.05, 4.69) is 31.4 Å². The summed E-state index contributed by atoms with van der Waals surface area (Å²) in [6.07, 6.45) is 35.7. The number of aliphatic carboxylic acids is 2. The van der Waals surface area contributed by atoms with Crippen molar-refractivity contribution in [2.75, 3.05) is 92.0 Å². The number of likely N-dealkylation sites (tertiary alicyclic amines) is 2. The summed E-state index contributed by atoms with van der Waals surface area (Å²) in [5, 5.41) is 61.1. The standard InChI is InChI=1S/C29H45NO7.C21H39NO5.C15H30O4.C14H17NO4.C6H11NO2/c1-2-3-4-5-6-7-8-9-13-18-27(32)35-22-26(31)23-36-28(33)25-17-14-19-30(20-25)29(34)37-21-24-15-11-10-12-16-24;1-2-3-4-5-6-7-8-9-10-13-20(24)26-16-19(23)17-27-21(25)18-12-11-14-22-15-18;1-2-3-4-5-6-7-8-9-10-11-15(18)19-13-14(17)12-16;16-13(17)12-7-4-8-15(9-12)14(18)19-10-11-5-2-1-3-6-11;8-6(9)5-2-1-3-7-4-5/h10-12,15-16,25-26,31H,2-9,13-14,17-23H2,1H3;18-19,22-23H,2-17H2,1H3;14,16-17H,2-13H2,1H3;1-3,5-6,12H,4,7-10H2,(H,16,17);5,7H,1-4H2,(H,8,9). The molecule has 6 rings (SSSR count). The van der Waals surface area contributed by atoms with E-state index in [4.69, 9.17) is 53.6 Å². The second-order valence-electron chi connectivity index (χ2n) is 29.6. The van der Waals surface area contributed by atoms with Crippen LogP contribution < -0.4 is 10.6 Å². The summed E-state index contributed by atoms with van der Waals surface area (Å²) < 4.78 is 35.9. The molecule has 4 aliphatic heterocycles. The monoisotopic (exact) mass is 1570 g/mol. The Kier molecular flexibility index (Phi) is 60.9. The third kappa shape index (κ3) is 54.4. The van der Waals surface area contributed by atoms with Crippen molar-refractivity contribution in [1.82, 2.24) is 20.4 Å². The number of aliphatic hydroxyl groups excluding tert-OH is 4. The predicted octanol–water partition coefficient (Wildman–Crippen LogP) is 13.8. The van der Waals surface area contributed by atoms with Gasteiger partial charge in [-0.2, -0.15) is 0 Å². The van der Waals surface area contributed by atoms with Crippen LogP contribution in [0.1, 0.15) is 276 Å². The average molecular weight is 1570 g/mol. The fourth-order valence-electron chi connectivity index (χ4n) is 12.7. The molecule has 0 radical (unpaired) electrons.